The monoisotopic (exact) mass is 382 g/mol. The quantitative estimate of drug-likeness (QED) is 0.875. The van der Waals surface area contributed by atoms with Crippen molar-refractivity contribution < 1.29 is 13.9 Å². The van der Waals surface area contributed by atoms with Crippen LogP contribution >= 0.6 is 0 Å². The molecule has 148 valence electrons. The number of likely N-dealkylation sites (tertiary alicyclic amines) is 1. The molecule has 4 rings (SSSR count). The van der Waals surface area contributed by atoms with Gasteiger partial charge in [0, 0.05) is 33.0 Å². The first-order valence-electron chi connectivity index (χ1n) is 9.99. The Bertz CT molecular complexity index is 857. The molecule has 1 fully saturated rings. The van der Waals surface area contributed by atoms with Gasteiger partial charge in [0.2, 0.25) is 5.91 Å². The van der Waals surface area contributed by atoms with E-state index in [2.05, 4.69) is 35.3 Å². The third kappa shape index (κ3) is 3.90. The average Bonchev–Trinajstić information content (AvgIpc) is 3.03. The molecule has 1 unspecified atom stereocenters. The molecule has 2 aromatic rings. The van der Waals surface area contributed by atoms with Crippen LogP contribution in [0.3, 0.4) is 0 Å². The lowest BCUT2D eigenvalue weighted by molar-refractivity contribution is -0.121. The molecular formula is C23H27FN2O2. The van der Waals surface area contributed by atoms with E-state index >= 15 is 0 Å². The minimum atomic E-state index is -0.419. The molecule has 0 aliphatic carbocycles. The fourth-order valence-electron chi connectivity index (χ4n) is 4.52. The second-order valence-electron chi connectivity index (χ2n) is 8.12. The molecule has 0 bridgehead atoms. The van der Waals surface area contributed by atoms with E-state index in [-0.39, 0.29) is 17.8 Å². The predicted molar refractivity (Wildman–Crippen MR) is 107 cm³/mol. The number of amides is 1. The zero-order valence-electron chi connectivity index (χ0n) is 16.5. The minimum absolute atomic E-state index is 0.0504. The molecule has 1 amide bonds. The lowest BCUT2D eigenvalue weighted by Gasteiger charge is -2.42. The SMILES string of the molecule is CC(=O)NC1(c2ccc(F)cc2)CCN(Cc2ccc3c(c2)CC(C)O3)CC1. The van der Waals surface area contributed by atoms with Crippen LogP contribution in [-0.4, -0.2) is 30.0 Å². The van der Waals surface area contributed by atoms with Crippen molar-refractivity contribution >= 4 is 5.91 Å². The molecule has 1 saturated heterocycles. The molecule has 4 nitrogen and oxygen atoms in total. The van der Waals surface area contributed by atoms with Crippen LogP contribution in [0.25, 0.3) is 0 Å². The van der Waals surface area contributed by atoms with Crippen molar-refractivity contribution in [3.05, 3.63) is 65.0 Å². The lowest BCUT2D eigenvalue weighted by atomic mass is 9.80. The van der Waals surface area contributed by atoms with Gasteiger partial charge in [-0.25, -0.2) is 4.39 Å². The highest BCUT2D eigenvalue weighted by atomic mass is 19.1. The molecule has 0 spiro atoms. The number of nitrogens with one attached hydrogen (secondary N) is 1. The van der Waals surface area contributed by atoms with Gasteiger partial charge in [-0.15, -0.1) is 0 Å². The number of hydrogen-bond donors (Lipinski definition) is 1. The van der Waals surface area contributed by atoms with Crippen LogP contribution in [-0.2, 0) is 23.3 Å². The number of carbonyl (C=O) groups excluding carboxylic acids is 1. The molecule has 2 aromatic carbocycles. The van der Waals surface area contributed by atoms with Crippen LogP contribution in [0.2, 0.25) is 0 Å². The minimum Gasteiger partial charge on any atom is -0.490 e. The van der Waals surface area contributed by atoms with Crippen molar-refractivity contribution in [3.8, 4) is 5.75 Å². The van der Waals surface area contributed by atoms with Gasteiger partial charge in [0.25, 0.3) is 0 Å². The highest BCUT2D eigenvalue weighted by Crippen LogP contribution is 2.34. The summed E-state index contributed by atoms with van der Waals surface area (Å²) in [5.41, 5.74) is 3.15. The molecule has 0 aromatic heterocycles. The summed E-state index contributed by atoms with van der Waals surface area (Å²) in [6, 6.07) is 13.0. The van der Waals surface area contributed by atoms with Gasteiger partial charge in [-0.05, 0) is 54.7 Å². The maximum Gasteiger partial charge on any atom is 0.217 e. The third-order valence-electron chi connectivity index (χ3n) is 5.89. The van der Waals surface area contributed by atoms with Crippen LogP contribution in [0.5, 0.6) is 5.75 Å². The number of fused-ring (bicyclic) bond motifs is 1. The Morgan fingerprint density at radius 2 is 1.93 bits per heavy atom. The molecule has 5 heteroatoms. The summed E-state index contributed by atoms with van der Waals surface area (Å²) >= 11 is 0. The van der Waals surface area contributed by atoms with E-state index in [1.165, 1.54) is 23.3 Å². The van der Waals surface area contributed by atoms with Gasteiger partial charge < -0.3 is 10.1 Å². The first kappa shape index (κ1) is 18.9. The smallest absolute Gasteiger partial charge is 0.217 e. The van der Waals surface area contributed by atoms with Crippen LogP contribution in [0.4, 0.5) is 4.39 Å². The Morgan fingerprint density at radius 1 is 1.21 bits per heavy atom. The molecule has 2 aliphatic rings. The Morgan fingerprint density at radius 3 is 2.61 bits per heavy atom. The Kier molecular flexibility index (Phi) is 5.11. The van der Waals surface area contributed by atoms with Gasteiger partial charge in [0.1, 0.15) is 17.7 Å². The zero-order chi connectivity index (χ0) is 19.7. The molecule has 2 aliphatic heterocycles. The van der Waals surface area contributed by atoms with Crippen molar-refractivity contribution in [1.82, 2.24) is 10.2 Å². The van der Waals surface area contributed by atoms with E-state index in [4.69, 9.17) is 4.74 Å². The van der Waals surface area contributed by atoms with Crippen molar-refractivity contribution in [2.24, 2.45) is 0 Å². The van der Waals surface area contributed by atoms with E-state index in [9.17, 15) is 9.18 Å². The Labute approximate surface area is 165 Å². The van der Waals surface area contributed by atoms with E-state index in [0.717, 1.165) is 50.2 Å². The second-order valence-corrected chi connectivity index (χ2v) is 8.12. The molecular weight excluding hydrogens is 355 g/mol. The maximum atomic E-state index is 13.4. The zero-order valence-corrected chi connectivity index (χ0v) is 16.5. The van der Waals surface area contributed by atoms with Crippen molar-refractivity contribution in [2.45, 2.75) is 51.3 Å². The van der Waals surface area contributed by atoms with Crippen molar-refractivity contribution in [2.75, 3.05) is 13.1 Å². The number of benzene rings is 2. The lowest BCUT2D eigenvalue weighted by Crippen LogP contribution is -2.52. The number of piperidine rings is 1. The van der Waals surface area contributed by atoms with Crippen LogP contribution < -0.4 is 10.1 Å². The molecule has 1 atom stereocenters. The first-order valence-corrected chi connectivity index (χ1v) is 9.99. The summed E-state index contributed by atoms with van der Waals surface area (Å²) < 4.78 is 19.2. The Balaban J connectivity index is 1.45. The molecule has 1 N–H and O–H groups in total. The summed E-state index contributed by atoms with van der Waals surface area (Å²) in [7, 11) is 0. The highest BCUT2D eigenvalue weighted by molar-refractivity contribution is 5.74. The number of nitrogens with zero attached hydrogens (tertiary/aromatic N) is 1. The summed E-state index contributed by atoms with van der Waals surface area (Å²) in [6.45, 7) is 6.29. The normalized spacial score (nSPS) is 21.0. The number of hydrogen-bond acceptors (Lipinski definition) is 3. The van der Waals surface area contributed by atoms with Crippen molar-refractivity contribution in [1.29, 1.82) is 0 Å². The molecule has 0 saturated carbocycles. The summed E-state index contributed by atoms with van der Waals surface area (Å²) in [6.07, 6.45) is 2.85. The number of rotatable bonds is 4. The highest BCUT2D eigenvalue weighted by Gasteiger charge is 2.37. The van der Waals surface area contributed by atoms with Gasteiger partial charge in [-0.2, -0.15) is 0 Å². The van der Waals surface area contributed by atoms with Gasteiger partial charge >= 0.3 is 0 Å². The number of halogens is 1. The van der Waals surface area contributed by atoms with E-state index in [1.807, 2.05) is 0 Å². The summed E-state index contributed by atoms with van der Waals surface area (Å²) in [5.74, 6) is 0.704. The second kappa shape index (κ2) is 7.55. The predicted octanol–water partition coefficient (Wildman–Crippen LogP) is 3.78. The molecule has 28 heavy (non-hydrogen) atoms. The molecule has 0 radical (unpaired) electrons. The van der Waals surface area contributed by atoms with E-state index < -0.39 is 5.54 Å². The van der Waals surface area contributed by atoms with E-state index in [0.29, 0.717) is 0 Å². The van der Waals surface area contributed by atoms with Gasteiger partial charge in [0.15, 0.2) is 0 Å². The van der Waals surface area contributed by atoms with Gasteiger partial charge in [-0.3, -0.25) is 9.69 Å². The van der Waals surface area contributed by atoms with Gasteiger partial charge in [0.05, 0.1) is 5.54 Å². The topological polar surface area (TPSA) is 41.6 Å². The number of carbonyl (C=O) groups is 1. The number of ether oxygens (including phenoxy) is 1. The summed E-state index contributed by atoms with van der Waals surface area (Å²) in [5, 5.41) is 3.15. The molecule has 2 heterocycles. The average molecular weight is 382 g/mol. The summed E-state index contributed by atoms with van der Waals surface area (Å²) in [4.78, 5) is 14.3. The Hall–Kier alpha value is -2.40. The largest absolute Gasteiger partial charge is 0.490 e. The fraction of sp³-hybridized carbons (Fsp3) is 0.435. The van der Waals surface area contributed by atoms with Crippen molar-refractivity contribution in [3.63, 3.8) is 0 Å². The fourth-order valence-corrected chi connectivity index (χ4v) is 4.52. The maximum absolute atomic E-state index is 13.4. The van der Waals surface area contributed by atoms with E-state index in [1.54, 1.807) is 19.1 Å². The van der Waals surface area contributed by atoms with Gasteiger partial charge in [-0.1, -0.05) is 24.3 Å². The van der Waals surface area contributed by atoms with Crippen LogP contribution in [0, 0.1) is 5.82 Å². The third-order valence-corrected chi connectivity index (χ3v) is 5.89. The first-order chi connectivity index (χ1) is 13.4. The van der Waals surface area contributed by atoms with Crippen LogP contribution in [0.15, 0.2) is 42.5 Å². The standard InChI is InChI=1S/C23H27FN2O2/c1-16-13-19-14-18(3-8-22(19)28-16)15-26-11-9-23(10-12-26,25-17(2)27)20-4-6-21(24)7-5-20/h3-8,14,16H,9-13,15H2,1-2H3,(H,25,27). The van der Waals surface area contributed by atoms with Crippen LogP contribution in [0.1, 0.15) is 43.4 Å².